The first-order valence-corrected chi connectivity index (χ1v) is 7.46. The zero-order valence-corrected chi connectivity index (χ0v) is 12.2. The second-order valence-corrected chi connectivity index (χ2v) is 5.79. The minimum atomic E-state index is -0.372. The number of halogens is 1. The van der Waals surface area contributed by atoms with Crippen molar-refractivity contribution < 1.29 is 9.53 Å². The minimum absolute atomic E-state index is 0.0347. The number of carbonyl (C=O) groups is 1. The van der Waals surface area contributed by atoms with Crippen LogP contribution in [0.15, 0.2) is 24.3 Å². The largest absolute Gasteiger partial charge is 0.370 e. The van der Waals surface area contributed by atoms with Gasteiger partial charge in [0.05, 0.1) is 6.61 Å². The number of ether oxygens (including phenoxy) is 1. The monoisotopic (exact) mass is 280 g/mol. The molecule has 1 saturated carbocycles. The summed E-state index contributed by atoms with van der Waals surface area (Å²) in [6, 6.07) is 6.99. The van der Waals surface area contributed by atoms with Gasteiger partial charge in [0.25, 0.3) is 0 Å². The Morgan fingerprint density at radius 1 is 1.26 bits per heavy atom. The number of Topliss-reactive ketones (excluding diaryl/α,β-unsaturated/α-hetero) is 1. The molecule has 0 saturated heterocycles. The van der Waals surface area contributed by atoms with E-state index >= 15 is 0 Å². The summed E-state index contributed by atoms with van der Waals surface area (Å²) < 4.78 is 5.75. The highest BCUT2D eigenvalue weighted by atomic mass is 35.5. The molecule has 1 atom stereocenters. The molecule has 104 valence electrons. The lowest BCUT2D eigenvalue weighted by Crippen LogP contribution is -2.24. The molecule has 0 heterocycles. The topological polar surface area (TPSA) is 26.3 Å². The number of carbonyl (C=O) groups excluding carboxylic acids is 1. The molecule has 0 amide bonds. The fraction of sp³-hybridized carbons (Fsp3) is 0.562. The van der Waals surface area contributed by atoms with Crippen molar-refractivity contribution in [3.05, 3.63) is 34.9 Å². The zero-order chi connectivity index (χ0) is 13.7. The van der Waals surface area contributed by atoms with Gasteiger partial charge in [-0.05, 0) is 49.9 Å². The van der Waals surface area contributed by atoms with Crippen LogP contribution >= 0.6 is 11.6 Å². The molecule has 0 aliphatic heterocycles. The van der Waals surface area contributed by atoms with Gasteiger partial charge in [0, 0.05) is 10.6 Å². The molecular weight excluding hydrogens is 260 g/mol. The first-order chi connectivity index (χ1) is 9.16. The zero-order valence-electron chi connectivity index (χ0n) is 11.4. The van der Waals surface area contributed by atoms with Gasteiger partial charge >= 0.3 is 0 Å². The maximum Gasteiger partial charge on any atom is 0.191 e. The lowest BCUT2D eigenvalue weighted by molar-refractivity contribution is 0.0286. The van der Waals surface area contributed by atoms with Gasteiger partial charge in [-0.25, -0.2) is 0 Å². The average molecular weight is 281 g/mol. The summed E-state index contributed by atoms with van der Waals surface area (Å²) in [7, 11) is 0. The molecule has 0 N–H and O–H groups in total. The van der Waals surface area contributed by atoms with E-state index in [0.29, 0.717) is 23.1 Å². The summed E-state index contributed by atoms with van der Waals surface area (Å²) in [4.78, 5) is 12.2. The van der Waals surface area contributed by atoms with E-state index in [0.717, 1.165) is 0 Å². The third-order valence-corrected chi connectivity index (χ3v) is 4.06. The van der Waals surface area contributed by atoms with Gasteiger partial charge in [0.2, 0.25) is 0 Å². The second-order valence-electron chi connectivity index (χ2n) is 5.35. The molecule has 2 nitrogen and oxygen atoms in total. The van der Waals surface area contributed by atoms with Crippen molar-refractivity contribution in [1.29, 1.82) is 0 Å². The Balaban J connectivity index is 1.83. The number of hydrogen-bond donors (Lipinski definition) is 0. The quantitative estimate of drug-likeness (QED) is 0.742. The summed E-state index contributed by atoms with van der Waals surface area (Å²) >= 11 is 5.82. The van der Waals surface area contributed by atoms with Crippen LogP contribution in [0.3, 0.4) is 0 Å². The molecule has 1 aromatic rings. The van der Waals surface area contributed by atoms with Crippen LogP contribution in [0.5, 0.6) is 0 Å². The van der Waals surface area contributed by atoms with Crippen molar-refractivity contribution in [2.45, 2.75) is 45.1 Å². The maximum atomic E-state index is 12.2. The highest BCUT2D eigenvalue weighted by molar-refractivity contribution is 6.30. The van der Waals surface area contributed by atoms with Crippen LogP contribution in [0.25, 0.3) is 0 Å². The van der Waals surface area contributed by atoms with Gasteiger partial charge < -0.3 is 4.74 Å². The Kier molecular flexibility index (Phi) is 5.41. The van der Waals surface area contributed by atoms with Gasteiger partial charge in [0.15, 0.2) is 5.78 Å². The Hall–Kier alpha value is -0.860. The predicted octanol–water partition coefficient (Wildman–Crippen LogP) is 4.51. The molecule has 1 aromatic carbocycles. The lowest BCUT2D eigenvalue weighted by Gasteiger charge is -2.23. The van der Waals surface area contributed by atoms with Crippen molar-refractivity contribution in [2.24, 2.45) is 5.92 Å². The normalized spacial score (nSPS) is 18.2. The second kappa shape index (κ2) is 7.06. The van der Waals surface area contributed by atoms with Crippen LogP contribution in [-0.4, -0.2) is 18.5 Å². The molecule has 0 radical (unpaired) electrons. The first kappa shape index (κ1) is 14.5. The van der Waals surface area contributed by atoms with E-state index in [2.05, 4.69) is 0 Å². The molecule has 1 aliphatic rings. The smallest absolute Gasteiger partial charge is 0.191 e. The fourth-order valence-corrected chi connectivity index (χ4v) is 2.68. The van der Waals surface area contributed by atoms with Gasteiger partial charge in [-0.15, -0.1) is 0 Å². The van der Waals surface area contributed by atoms with Crippen LogP contribution < -0.4 is 0 Å². The van der Waals surface area contributed by atoms with E-state index in [1.807, 2.05) is 6.92 Å². The Morgan fingerprint density at radius 2 is 1.89 bits per heavy atom. The van der Waals surface area contributed by atoms with Gasteiger partial charge in [-0.2, -0.15) is 0 Å². The average Bonchev–Trinajstić information content (AvgIpc) is 2.46. The van der Waals surface area contributed by atoms with Crippen molar-refractivity contribution in [2.75, 3.05) is 6.61 Å². The SMILES string of the molecule is CC(OCC1CCCCC1)C(=O)c1ccc(Cl)cc1. The number of ketones is 1. The summed E-state index contributed by atoms with van der Waals surface area (Å²) in [5.74, 6) is 0.668. The number of rotatable bonds is 5. The molecule has 2 rings (SSSR count). The highest BCUT2D eigenvalue weighted by Gasteiger charge is 2.19. The Bertz CT molecular complexity index is 407. The third kappa shape index (κ3) is 4.32. The molecule has 1 unspecified atom stereocenters. The molecule has 3 heteroatoms. The molecule has 0 bridgehead atoms. The number of benzene rings is 1. The lowest BCUT2D eigenvalue weighted by atomic mass is 9.90. The molecule has 1 fully saturated rings. The maximum absolute atomic E-state index is 12.2. The van der Waals surface area contributed by atoms with Crippen LogP contribution in [0.1, 0.15) is 49.4 Å². The van der Waals surface area contributed by atoms with E-state index in [-0.39, 0.29) is 11.9 Å². The van der Waals surface area contributed by atoms with Gasteiger partial charge in [-0.1, -0.05) is 30.9 Å². The van der Waals surface area contributed by atoms with Crippen molar-refractivity contribution in [3.8, 4) is 0 Å². The molecule has 19 heavy (non-hydrogen) atoms. The van der Waals surface area contributed by atoms with Crippen LogP contribution in [-0.2, 0) is 4.74 Å². The van der Waals surface area contributed by atoms with E-state index in [1.54, 1.807) is 24.3 Å². The molecule has 0 spiro atoms. The highest BCUT2D eigenvalue weighted by Crippen LogP contribution is 2.24. The fourth-order valence-electron chi connectivity index (χ4n) is 2.56. The molecular formula is C16H21ClO2. The van der Waals surface area contributed by atoms with Crippen molar-refractivity contribution in [1.82, 2.24) is 0 Å². The van der Waals surface area contributed by atoms with E-state index < -0.39 is 0 Å². The van der Waals surface area contributed by atoms with Gasteiger partial charge in [-0.3, -0.25) is 4.79 Å². The standard InChI is InChI=1S/C16H21ClO2/c1-12(19-11-13-5-3-2-4-6-13)16(18)14-7-9-15(17)10-8-14/h7-10,12-13H,2-6,11H2,1H3. The Morgan fingerprint density at radius 3 is 2.53 bits per heavy atom. The van der Waals surface area contributed by atoms with E-state index in [1.165, 1.54) is 32.1 Å². The van der Waals surface area contributed by atoms with Crippen LogP contribution in [0.2, 0.25) is 5.02 Å². The Labute approximate surface area is 120 Å². The van der Waals surface area contributed by atoms with Crippen LogP contribution in [0.4, 0.5) is 0 Å². The third-order valence-electron chi connectivity index (χ3n) is 3.80. The summed E-state index contributed by atoms with van der Waals surface area (Å²) in [5.41, 5.74) is 0.667. The van der Waals surface area contributed by atoms with Gasteiger partial charge in [0.1, 0.15) is 6.10 Å². The summed E-state index contributed by atoms with van der Waals surface area (Å²) in [6.45, 7) is 2.54. The van der Waals surface area contributed by atoms with Crippen molar-refractivity contribution >= 4 is 17.4 Å². The summed E-state index contributed by atoms with van der Waals surface area (Å²) in [6.07, 6.45) is 6.05. The van der Waals surface area contributed by atoms with E-state index in [4.69, 9.17) is 16.3 Å². The number of hydrogen-bond acceptors (Lipinski definition) is 2. The summed E-state index contributed by atoms with van der Waals surface area (Å²) in [5, 5.41) is 0.646. The van der Waals surface area contributed by atoms with Crippen LogP contribution in [0, 0.1) is 5.92 Å². The predicted molar refractivity (Wildman–Crippen MR) is 77.8 cm³/mol. The first-order valence-electron chi connectivity index (χ1n) is 7.08. The van der Waals surface area contributed by atoms with E-state index in [9.17, 15) is 4.79 Å². The van der Waals surface area contributed by atoms with Crippen molar-refractivity contribution in [3.63, 3.8) is 0 Å². The molecule has 1 aliphatic carbocycles. The molecule has 0 aromatic heterocycles. The minimum Gasteiger partial charge on any atom is -0.370 e.